The van der Waals surface area contributed by atoms with Crippen molar-refractivity contribution in [1.29, 1.82) is 10.5 Å². The summed E-state index contributed by atoms with van der Waals surface area (Å²) < 4.78 is 0. The number of nitrogens with zero attached hydrogens (tertiary/aromatic N) is 5. The highest BCUT2D eigenvalue weighted by atomic mass is 16.2. The van der Waals surface area contributed by atoms with E-state index in [-0.39, 0.29) is 37.7 Å². The Balaban J connectivity index is 2.72. The number of aromatic nitrogens is 3. The van der Waals surface area contributed by atoms with Crippen LogP contribution in [0.25, 0.3) is 0 Å². The largest absolute Gasteiger partial charge is 0.334 e. The van der Waals surface area contributed by atoms with Crippen LogP contribution in [-0.2, 0) is 0 Å². The number of aryl methyl sites for hydroxylation is 1. The average molecular weight is 232 g/mol. The van der Waals surface area contributed by atoms with Gasteiger partial charge in [0.15, 0.2) is 0 Å². The van der Waals surface area contributed by atoms with E-state index < -0.39 is 0 Å². The predicted molar refractivity (Wildman–Crippen MR) is 57.5 cm³/mol. The van der Waals surface area contributed by atoms with E-state index in [0.717, 1.165) is 0 Å². The Bertz CT molecular complexity index is 448. The second-order valence-corrected chi connectivity index (χ2v) is 3.35. The van der Waals surface area contributed by atoms with Gasteiger partial charge in [-0.2, -0.15) is 10.5 Å². The van der Waals surface area contributed by atoms with E-state index in [1.54, 1.807) is 6.92 Å². The van der Waals surface area contributed by atoms with Gasteiger partial charge in [0.1, 0.15) is 5.82 Å². The van der Waals surface area contributed by atoms with Crippen molar-refractivity contribution in [3.63, 3.8) is 0 Å². The van der Waals surface area contributed by atoms with E-state index in [1.165, 1.54) is 4.90 Å². The highest BCUT2D eigenvalue weighted by Crippen LogP contribution is 2.02. The molecule has 0 unspecified atom stereocenters. The topological polar surface area (TPSA) is 109 Å². The van der Waals surface area contributed by atoms with Gasteiger partial charge in [-0.1, -0.05) is 0 Å². The minimum Gasteiger partial charge on any atom is -0.334 e. The van der Waals surface area contributed by atoms with Crippen molar-refractivity contribution >= 4 is 5.91 Å². The second-order valence-electron chi connectivity index (χ2n) is 3.35. The smallest absolute Gasteiger partial charge is 0.293 e. The molecule has 1 N–H and O–H groups in total. The first-order valence-electron chi connectivity index (χ1n) is 5.11. The molecule has 1 heterocycles. The van der Waals surface area contributed by atoms with E-state index in [9.17, 15) is 4.79 Å². The van der Waals surface area contributed by atoms with Crippen LogP contribution in [-0.4, -0.2) is 39.1 Å². The van der Waals surface area contributed by atoms with Crippen LogP contribution in [0.1, 0.15) is 29.3 Å². The van der Waals surface area contributed by atoms with Crippen molar-refractivity contribution in [2.24, 2.45) is 0 Å². The number of aromatic amines is 1. The molecule has 0 aliphatic rings. The van der Waals surface area contributed by atoms with Crippen LogP contribution in [0.3, 0.4) is 0 Å². The van der Waals surface area contributed by atoms with E-state index in [2.05, 4.69) is 15.2 Å². The lowest BCUT2D eigenvalue weighted by Crippen LogP contribution is -2.33. The molecule has 1 rings (SSSR count). The highest BCUT2D eigenvalue weighted by Gasteiger charge is 2.19. The van der Waals surface area contributed by atoms with Crippen molar-refractivity contribution < 1.29 is 4.79 Å². The number of nitriles is 2. The molecule has 88 valence electrons. The maximum atomic E-state index is 11.9. The van der Waals surface area contributed by atoms with Crippen LogP contribution in [0.4, 0.5) is 0 Å². The molecule has 1 aromatic rings. The number of carbonyl (C=O) groups excluding carboxylic acids is 1. The molecule has 0 atom stereocenters. The molecule has 0 saturated carbocycles. The van der Waals surface area contributed by atoms with Gasteiger partial charge < -0.3 is 4.90 Å². The molecule has 0 aliphatic carbocycles. The summed E-state index contributed by atoms with van der Waals surface area (Å²) in [7, 11) is 0. The first kappa shape index (κ1) is 12.7. The summed E-state index contributed by atoms with van der Waals surface area (Å²) in [5.74, 6) is 0.257. The molecule has 0 spiro atoms. The van der Waals surface area contributed by atoms with E-state index in [1.807, 2.05) is 12.1 Å². The zero-order valence-electron chi connectivity index (χ0n) is 9.47. The number of rotatable bonds is 5. The third-order valence-electron chi connectivity index (χ3n) is 2.06. The molecule has 1 amide bonds. The Morgan fingerprint density at radius 2 is 1.94 bits per heavy atom. The predicted octanol–water partition coefficient (Wildman–Crippen LogP) is 0.383. The van der Waals surface area contributed by atoms with Gasteiger partial charge in [-0.25, -0.2) is 4.98 Å². The molecular weight excluding hydrogens is 220 g/mol. The Morgan fingerprint density at radius 1 is 1.35 bits per heavy atom. The van der Waals surface area contributed by atoms with Gasteiger partial charge in [0, 0.05) is 13.1 Å². The minimum atomic E-state index is -0.361. The maximum Gasteiger partial charge on any atom is 0.293 e. The van der Waals surface area contributed by atoms with Crippen LogP contribution in [0, 0.1) is 29.6 Å². The van der Waals surface area contributed by atoms with Crippen LogP contribution in [0.5, 0.6) is 0 Å². The van der Waals surface area contributed by atoms with Gasteiger partial charge in [0.2, 0.25) is 5.82 Å². The summed E-state index contributed by atoms with van der Waals surface area (Å²) in [6.07, 6.45) is 0.446. The molecular formula is C10H12N6O. The Kier molecular flexibility index (Phi) is 4.64. The van der Waals surface area contributed by atoms with Crippen LogP contribution >= 0.6 is 0 Å². The molecule has 0 radical (unpaired) electrons. The SMILES string of the molecule is Cc1nc(C(=O)N(CCC#N)CCC#N)n[nH]1. The molecule has 0 fully saturated rings. The van der Waals surface area contributed by atoms with Crippen LogP contribution < -0.4 is 0 Å². The zero-order chi connectivity index (χ0) is 12.7. The fourth-order valence-corrected chi connectivity index (χ4v) is 1.26. The molecule has 7 nitrogen and oxygen atoms in total. The molecule has 17 heavy (non-hydrogen) atoms. The Hall–Kier alpha value is -2.41. The number of amides is 1. The van der Waals surface area contributed by atoms with Gasteiger partial charge in [-0.3, -0.25) is 9.89 Å². The Morgan fingerprint density at radius 3 is 2.35 bits per heavy atom. The maximum absolute atomic E-state index is 11.9. The zero-order valence-corrected chi connectivity index (χ0v) is 9.47. The molecule has 0 aliphatic heterocycles. The quantitative estimate of drug-likeness (QED) is 0.789. The van der Waals surface area contributed by atoms with Gasteiger partial charge in [-0.05, 0) is 6.92 Å². The molecule has 7 heteroatoms. The van der Waals surface area contributed by atoms with Gasteiger partial charge in [0.25, 0.3) is 5.91 Å². The summed E-state index contributed by atoms with van der Waals surface area (Å²) in [5.41, 5.74) is 0. The van der Waals surface area contributed by atoms with Crippen LogP contribution in [0.2, 0.25) is 0 Å². The monoisotopic (exact) mass is 232 g/mol. The second kappa shape index (κ2) is 6.23. The number of H-pyrrole nitrogens is 1. The molecule has 0 bridgehead atoms. The molecule has 0 saturated heterocycles. The minimum absolute atomic E-state index is 0.0679. The fourth-order valence-electron chi connectivity index (χ4n) is 1.26. The highest BCUT2D eigenvalue weighted by molar-refractivity contribution is 5.90. The van der Waals surface area contributed by atoms with Gasteiger partial charge in [-0.15, -0.1) is 5.10 Å². The van der Waals surface area contributed by atoms with E-state index >= 15 is 0 Å². The summed E-state index contributed by atoms with van der Waals surface area (Å²) in [6.45, 7) is 2.26. The number of carbonyl (C=O) groups is 1. The average Bonchev–Trinajstić information content (AvgIpc) is 2.75. The van der Waals surface area contributed by atoms with Crippen molar-refractivity contribution in [2.45, 2.75) is 19.8 Å². The molecule has 0 aromatic carbocycles. The van der Waals surface area contributed by atoms with Gasteiger partial charge >= 0.3 is 0 Å². The van der Waals surface area contributed by atoms with Crippen molar-refractivity contribution in [1.82, 2.24) is 20.1 Å². The third-order valence-corrected chi connectivity index (χ3v) is 2.06. The first-order chi connectivity index (χ1) is 8.19. The lowest BCUT2D eigenvalue weighted by molar-refractivity contribution is 0.0750. The normalized spacial score (nSPS) is 9.35. The summed E-state index contributed by atoms with van der Waals surface area (Å²) >= 11 is 0. The van der Waals surface area contributed by atoms with Crippen molar-refractivity contribution in [3.8, 4) is 12.1 Å². The molecule has 1 aromatic heterocycles. The van der Waals surface area contributed by atoms with Crippen LogP contribution in [0.15, 0.2) is 0 Å². The summed E-state index contributed by atoms with van der Waals surface area (Å²) in [5, 5.41) is 23.4. The number of nitrogens with one attached hydrogen (secondary N) is 1. The summed E-state index contributed by atoms with van der Waals surface area (Å²) in [4.78, 5) is 17.3. The third kappa shape index (κ3) is 3.58. The van der Waals surface area contributed by atoms with E-state index in [4.69, 9.17) is 10.5 Å². The Labute approximate surface area is 98.7 Å². The summed E-state index contributed by atoms with van der Waals surface area (Å²) in [6, 6.07) is 3.92. The first-order valence-corrected chi connectivity index (χ1v) is 5.11. The fraction of sp³-hybridized carbons (Fsp3) is 0.500. The van der Waals surface area contributed by atoms with Gasteiger partial charge in [0.05, 0.1) is 25.0 Å². The standard InChI is InChI=1S/C10H12N6O/c1-8-13-9(15-14-8)10(17)16(6-2-4-11)7-3-5-12/h2-3,6-7H2,1H3,(H,13,14,15). The number of hydrogen-bond donors (Lipinski definition) is 1. The van der Waals surface area contributed by atoms with E-state index in [0.29, 0.717) is 5.82 Å². The van der Waals surface area contributed by atoms with Crippen molar-refractivity contribution in [2.75, 3.05) is 13.1 Å². The lowest BCUT2D eigenvalue weighted by atomic mass is 10.3. The lowest BCUT2D eigenvalue weighted by Gasteiger charge is -2.18. The number of hydrogen-bond acceptors (Lipinski definition) is 5. The van der Waals surface area contributed by atoms with Crippen molar-refractivity contribution in [3.05, 3.63) is 11.6 Å².